The number of carbonyl (C=O) groups excluding carboxylic acids is 1. The zero-order chi connectivity index (χ0) is 23.2. The normalized spacial score (nSPS) is 13.0. The maximum absolute atomic E-state index is 13.0. The number of anilines is 1. The molecule has 11 nitrogen and oxygen atoms in total. The van der Waals surface area contributed by atoms with E-state index >= 15 is 0 Å². The Balaban J connectivity index is 1.57. The fraction of sp³-hybridized carbons (Fsp3) is 0.250. The molecule has 0 aliphatic carbocycles. The van der Waals surface area contributed by atoms with Crippen molar-refractivity contribution in [3.63, 3.8) is 0 Å². The van der Waals surface area contributed by atoms with E-state index in [9.17, 15) is 22.8 Å². The molecule has 0 unspecified atom stereocenters. The van der Waals surface area contributed by atoms with E-state index in [2.05, 4.69) is 5.32 Å². The molecule has 0 spiro atoms. The Morgan fingerprint density at radius 3 is 2.53 bits per heavy atom. The molecule has 0 saturated heterocycles. The molecule has 32 heavy (non-hydrogen) atoms. The quantitative estimate of drug-likeness (QED) is 0.577. The Bertz CT molecular complexity index is 1470. The van der Waals surface area contributed by atoms with Gasteiger partial charge in [-0.25, -0.2) is 13.2 Å². The number of ether oxygens (including phenoxy) is 2. The van der Waals surface area contributed by atoms with E-state index in [4.69, 9.17) is 9.47 Å². The fourth-order valence-corrected chi connectivity index (χ4v) is 4.53. The molecule has 168 valence electrons. The van der Waals surface area contributed by atoms with Gasteiger partial charge in [-0.3, -0.25) is 18.7 Å². The molecule has 0 fully saturated rings. The summed E-state index contributed by atoms with van der Waals surface area (Å²) in [6.07, 6.45) is 0. The third-order valence-corrected chi connectivity index (χ3v) is 6.97. The van der Waals surface area contributed by atoms with Gasteiger partial charge < -0.3 is 14.8 Å². The number of nitrogens with zero attached hydrogens (tertiary/aromatic N) is 3. The third kappa shape index (κ3) is 3.63. The lowest BCUT2D eigenvalue weighted by molar-refractivity contribution is -0.116. The summed E-state index contributed by atoms with van der Waals surface area (Å²) in [5, 5.41) is 2.69. The van der Waals surface area contributed by atoms with Crippen molar-refractivity contribution in [2.24, 2.45) is 14.1 Å². The van der Waals surface area contributed by atoms with Crippen LogP contribution in [0, 0.1) is 0 Å². The summed E-state index contributed by atoms with van der Waals surface area (Å²) in [6, 6.07) is 8.73. The van der Waals surface area contributed by atoms with Crippen LogP contribution < -0.4 is 26.0 Å². The Kier molecular flexibility index (Phi) is 5.26. The first-order valence-corrected chi connectivity index (χ1v) is 10.9. The van der Waals surface area contributed by atoms with Crippen LogP contribution in [0.4, 0.5) is 5.69 Å². The highest BCUT2D eigenvalue weighted by Crippen LogP contribution is 2.34. The number of likely N-dealkylation sites (N-methyl/N-ethyl adjacent to an activating group) is 1. The van der Waals surface area contributed by atoms with Gasteiger partial charge in [0.2, 0.25) is 22.7 Å². The van der Waals surface area contributed by atoms with Gasteiger partial charge in [0.15, 0.2) is 11.5 Å². The molecule has 1 aliphatic rings. The van der Waals surface area contributed by atoms with Gasteiger partial charge in [0.25, 0.3) is 5.56 Å². The maximum atomic E-state index is 13.0. The molecular weight excluding hydrogens is 440 g/mol. The molecular formula is C20H20N4O7S. The van der Waals surface area contributed by atoms with Gasteiger partial charge in [-0.2, -0.15) is 4.31 Å². The molecule has 1 N–H and O–H groups in total. The van der Waals surface area contributed by atoms with E-state index in [1.807, 2.05) is 0 Å². The predicted molar refractivity (Wildman–Crippen MR) is 115 cm³/mol. The van der Waals surface area contributed by atoms with Gasteiger partial charge >= 0.3 is 5.69 Å². The van der Waals surface area contributed by atoms with E-state index < -0.39 is 33.7 Å². The number of fused-ring (bicyclic) bond motifs is 2. The largest absolute Gasteiger partial charge is 0.454 e. The molecule has 2 aromatic carbocycles. The summed E-state index contributed by atoms with van der Waals surface area (Å²) in [7, 11) is -0.0179. The summed E-state index contributed by atoms with van der Waals surface area (Å²) in [5.41, 5.74) is -0.390. The van der Waals surface area contributed by atoms with Crippen molar-refractivity contribution in [2.45, 2.75) is 4.90 Å². The molecule has 0 bridgehead atoms. The summed E-state index contributed by atoms with van der Waals surface area (Å²) < 4.78 is 39.5. The smallest absolute Gasteiger partial charge is 0.330 e. The minimum Gasteiger partial charge on any atom is -0.454 e. The highest BCUT2D eigenvalue weighted by molar-refractivity contribution is 7.89. The number of carbonyl (C=O) groups is 1. The van der Waals surface area contributed by atoms with Crippen LogP contribution in [0.25, 0.3) is 10.9 Å². The number of benzene rings is 2. The molecule has 0 radical (unpaired) electrons. The van der Waals surface area contributed by atoms with Crippen molar-refractivity contribution in [1.82, 2.24) is 13.4 Å². The number of hydrogen-bond acceptors (Lipinski definition) is 7. The van der Waals surface area contributed by atoms with Crippen LogP contribution >= 0.6 is 0 Å². The molecule has 4 rings (SSSR count). The standard InChI is InChI=1S/C20H20N4O7S/c1-22(10-18(25)21-12-4-7-16-17(8-12)31-11-30-16)32(28,29)13-5-6-15-14(9-13)19(26)24(3)20(27)23(15)2/h4-9H,10-11H2,1-3H3,(H,21,25). The highest BCUT2D eigenvalue weighted by atomic mass is 32.2. The lowest BCUT2D eigenvalue weighted by Crippen LogP contribution is -2.37. The summed E-state index contributed by atoms with van der Waals surface area (Å²) in [4.78, 5) is 36.8. The minimum atomic E-state index is -4.09. The SMILES string of the molecule is CN(CC(=O)Nc1ccc2c(c1)OCO2)S(=O)(=O)c1ccc2c(c1)c(=O)n(C)c(=O)n2C. The molecule has 0 atom stereocenters. The molecule has 1 aliphatic heterocycles. The molecule has 1 aromatic heterocycles. The van der Waals surface area contributed by atoms with E-state index in [1.54, 1.807) is 18.2 Å². The topological polar surface area (TPSA) is 129 Å². The highest BCUT2D eigenvalue weighted by Gasteiger charge is 2.24. The van der Waals surface area contributed by atoms with Crippen LogP contribution in [0.5, 0.6) is 11.5 Å². The van der Waals surface area contributed by atoms with Crippen molar-refractivity contribution in [3.8, 4) is 11.5 Å². The second-order valence-electron chi connectivity index (χ2n) is 7.26. The van der Waals surface area contributed by atoms with E-state index in [1.165, 1.54) is 43.9 Å². The molecule has 12 heteroatoms. The van der Waals surface area contributed by atoms with Crippen LogP contribution in [0.15, 0.2) is 50.9 Å². The minimum absolute atomic E-state index is 0.0777. The third-order valence-electron chi connectivity index (χ3n) is 5.17. The van der Waals surface area contributed by atoms with Gasteiger partial charge in [0.1, 0.15) is 0 Å². The van der Waals surface area contributed by atoms with Gasteiger partial charge in [-0.05, 0) is 30.3 Å². The summed E-state index contributed by atoms with van der Waals surface area (Å²) >= 11 is 0. The van der Waals surface area contributed by atoms with Gasteiger partial charge in [-0.15, -0.1) is 0 Å². The zero-order valence-corrected chi connectivity index (χ0v) is 18.3. The first-order valence-electron chi connectivity index (χ1n) is 9.45. The lowest BCUT2D eigenvalue weighted by Gasteiger charge is -2.17. The average Bonchev–Trinajstić information content (AvgIpc) is 3.23. The van der Waals surface area contributed by atoms with Gasteiger partial charge in [-0.1, -0.05) is 0 Å². The summed E-state index contributed by atoms with van der Waals surface area (Å²) in [6.45, 7) is -0.364. The second kappa shape index (κ2) is 7.80. The number of nitrogens with one attached hydrogen (secondary N) is 1. The van der Waals surface area contributed by atoms with E-state index in [-0.39, 0.29) is 17.1 Å². The summed E-state index contributed by atoms with van der Waals surface area (Å²) in [5.74, 6) is 0.479. The van der Waals surface area contributed by atoms with Crippen LogP contribution in [0.2, 0.25) is 0 Å². The first-order chi connectivity index (χ1) is 15.1. The van der Waals surface area contributed by atoms with Gasteiger partial charge in [0, 0.05) is 32.9 Å². The number of aromatic nitrogens is 2. The van der Waals surface area contributed by atoms with Crippen LogP contribution in [-0.4, -0.2) is 48.1 Å². The number of sulfonamides is 1. The van der Waals surface area contributed by atoms with E-state index in [0.29, 0.717) is 22.7 Å². The second-order valence-corrected chi connectivity index (χ2v) is 9.31. The number of rotatable bonds is 5. The van der Waals surface area contributed by atoms with Crippen LogP contribution in [-0.2, 0) is 28.9 Å². The lowest BCUT2D eigenvalue weighted by atomic mass is 10.2. The van der Waals surface area contributed by atoms with E-state index in [0.717, 1.165) is 8.87 Å². The van der Waals surface area contributed by atoms with Crippen molar-refractivity contribution >= 4 is 32.5 Å². The zero-order valence-electron chi connectivity index (χ0n) is 17.5. The number of amides is 1. The van der Waals surface area contributed by atoms with Crippen molar-refractivity contribution in [1.29, 1.82) is 0 Å². The average molecular weight is 460 g/mol. The number of hydrogen-bond donors (Lipinski definition) is 1. The Morgan fingerprint density at radius 2 is 1.78 bits per heavy atom. The molecule has 2 heterocycles. The molecule has 3 aromatic rings. The van der Waals surface area contributed by atoms with Crippen molar-refractivity contribution in [3.05, 3.63) is 57.2 Å². The van der Waals surface area contributed by atoms with Gasteiger partial charge in [0.05, 0.1) is 22.3 Å². The Labute approximate surface area is 182 Å². The van der Waals surface area contributed by atoms with Crippen molar-refractivity contribution < 1.29 is 22.7 Å². The molecule has 0 saturated carbocycles. The number of aryl methyl sites for hydroxylation is 1. The fourth-order valence-electron chi connectivity index (χ4n) is 3.38. The predicted octanol–water partition coefficient (Wildman–Crippen LogP) is 0.225. The van der Waals surface area contributed by atoms with Crippen molar-refractivity contribution in [2.75, 3.05) is 25.7 Å². The van der Waals surface area contributed by atoms with Crippen LogP contribution in [0.3, 0.4) is 0 Å². The monoisotopic (exact) mass is 460 g/mol. The maximum Gasteiger partial charge on any atom is 0.330 e. The molecule has 1 amide bonds. The Hall–Kier alpha value is -3.64. The first kappa shape index (κ1) is 21.6. The van der Waals surface area contributed by atoms with Crippen LogP contribution in [0.1, 0.15) is 0 Å². The Morgan fingerprint density at radius 1 is 1.06 bits per heavy atom.